The largest absolute Gasteiger partial charge is 0.491 e. The zero-order valence-electron chi connectivity index (χ0n) is 33.0. The number of aliphatic hydroxyl groups excluding tert-OH is 1. The fourth-order valence-electron chi connectivity index (χ4n) is 9.89. The van der Waals surface area contributed by atoms with Crippen LogP contribution in [0.2, 0.25) is 5.02 Å². The first kappa shape index (κ1) is 39.1. The third-order valence-electron chi connectivity index (χ3n) is 12.5. The molecule has 4 amide bonds. The lowest BCUT2D eigenvalue weighted by Crippen LogP contribution is -2.53. The summed E-state index contributed by atoms with van der Waals surface area (Å²) < 4.78 is 5.71. The van der Waals surface area contributed by atoms with Crippen molar-refractivity contribution in [2.75, 3.05) is 42.0 Å². The van der Waals surface area contributed by atoms with Gasteiger partial charge in [0.05, 0.1) is 52.5 Å². The smallest absolute Gasteiger partial charge is 0.246 e. The van der Waals surface area contributed by atoms with E-state index in [0.717, 1.165) is 16.8 Å². The highest BCUT2D eigenvalue weighted by Crippen LogP contribution is 2.64. The van der Waals surface area contributed by atoms with E-state index < -0.39 is 35.0 Å². The zero-order chi connectivity index (χ0) is 41.7. The molecule has 0 spiro atoms. The second-order valence-corrected chi connectivity index (χ2v) is 16.3. The first-order valence-corrected chi connectivity index (χ1v) is 20.4. The van der Waals surface area contributed by atoms with E-state index in [0.29, 0.717) is 45.5 Å². The Morgan fingerprint density at radius 1 is 0.750 bits per heavy atom. The van der Waals surface area contributed by atoms with Crippen molar-refractivity contribution in [2.24, 2.45) is 33.9 Å². The van der Waals surface area contributed by atoms with Gasteiger partial charge in [-0.3, -0.25) is 24.1 Å². The van der Waals surface area contributed by atoms with E-state index in [-0.39, 0.29) is 43.3 Å². The van der Waals surface area contributed by atoms with Crippen LogP contribution in [0, 0.1) is 23.7 Å². The molecule has 0 unspecified atom stereocenters. The molecule has 0 radical (unpaired) electrons. The zero-order valence-corrected chi connectivity index (χ0v) is 33.8. The number of carbonyl (C=O) groups excluding carboxylic acids is 4. The van der Waals surface area contributed by atoms with Gasteiger partial charge in [0, 0.05) is 30.7 Å². The van der Waals surface area contributed by atoms with E-state index in [1.807, 2.05) is 91.8 Å². The normalized spacial score (nSPS) is 24.7. The van der Waals surface area contributed by atoms with Crippen LogP contribution < -0.4 is 19.4 Å². The van der Waals surface area contributed by atoms with E-state index in [4.69, 9.17) is 16.3 Å². The Balaban J connectivity index is 1.10. The molecule has 5 aromatic rings. The number of fused-ring (bicyclic) bond motifs is 4. The predicted molar refractivity (Wildman–Crippen MR) is 229 cm³/mol. The Labute approximate surface area is 352 Å². The summed E-state index contributed by atoms with van der Waals surface area (Å²) in [6, 6.07) is 38.0. The summed E-state index contributed by atoms with van der Waals surface area (Å²) in [6.45, 7) is -0.0382. The second-order valence-electron chi connectivity index (χ2n) is 15.9. The van der Waals surface area contributed by atoms with Crippen LogP contribution in [0.5, 0.6) is 5.75 Å². The van der Waals surface area contributed by atoms with Crippen molar-refractivity contribution in [1.82, 2.24) is 0 Å². The van der Waals surface area contributed by atoms with Crippen molar-refractivity contribution >= 4 is 63.7 Å². The molecule has 302 valence electrons. The number of azo groups is 1. The quantitative estimate of drug-likeness (QED) is 0.0849. The van der Waals surface area contributed by atoms with Crippen molar-refractivity contribution in [1.29, 1.82) is 0 Å². The Kier molecular flexibility index (Phi) is 10.2. The van der Waals surface area contributed by atoms with Gasteiger partial charge in [0.1, 0.15) is 12.4 Å². The number of benzene rings is 5. The van der Waals surface area contributed by atoms with Crippen LogP contribution in [-0.2, 0) is 24.6 Å². The number of allylic oxidation sites excluding steroid dienone is 2. The van der Waals surface area contributed by atoms with Crippen molar-refractivity contribution in [2.45, 2.75) is 24.2 Å². The summed E-state index contributed by atoms with van der Waals surface area (Å²) in [6.07, 6.45) is 2.51. The van der Waals surface area contributed by atoms with Gasteiger partial charge in [-0.1, -0.05) is 71.8 Å². The number of halogens is 1. The maximum absolute atomic E-state index is 15.5. The number of carbonyl (C=O) groups is 4. The summed E-state index contributed by atoms with van der Waals surface area (Å²) >= 11 is 6.45. The van der Waals surface area contributed by atoms with Crippen LogP contribution in [0.25, 0.3) is 0 Å². The van der Waals surface area contributed by atoms with Gasteiger partial charge in [-0.25, -0.2) is 4.90 Å². The number of aliphatic hydroxyl groups is 1. The van der Waals surface area contributed by atoms with Gasteiger partial charge in [0.15, 0.2) is 0 Å². The summed E-state index contributed by atoms with van der Waals surface area (Å²) in [5.74, 6) is -4.35. The molecule has 9 rings (SSSR count). The number of rotatable bonds is 10. The molecular weight excluding hydrogens is 778 g/mol. The SMILES string of the molecule is CN(C)c1ccc(N=Nc2ccc(N3C(=O)[C@H]4[C@H](CC=C5[C@H]4C[C@H]4C(=O)N(c6cccc(Cl)c6)C(=O)[C@@]4(c4ccccc4)[C@H]5c4ccc(OCCO)cc4)C3=O)cc2)cc1. The molecule has 5 aromatic carbocycles. The molecule has 1 N–H and O–H groups in total. The average molecular weight is 820 g/mol. The molecule has 6 atom stereocenters. The van der Waals surface area contributed by atoms with Gasteiger partial charge in [-0.15, -0.1) is 0 Å². The highest BCUT2D eigenvalue weighted by Gasteiger charge is 2.70. The first-order chi connectivity index (χ1) is 29.1. The lowest BCUT2D eigenvalue weighted by molar-refractivity contribution is -0.127. The lowest BCUT2D eigenvalue weighted by atomic mass is 9.49. The molecule has 2 saturated heterocycles. The number of hydrogen-bond donors (Lipinski definition) is 1. The molecule has 0 bridgehead atoms. The van der Waals surface area contributed by atoms with E-state index in [1.54, 1.807) is 60.7 Å². The molecule has 2 aliphatic carbocycles. The number of anilines is 3. The van der Waals surface area contributed by atoms with E-state index in [1.165, 1.54) is 9.80 Å². The van der Waals surface area contributed by atoms with Gasteiger partial charge in [0.25, 0.3) is 0 Å². The van der Waals surface area contributed by atoms with Crippen LogP contribution >= 0.6 is 11.6 Å². The summed E-state index contributed by atoms with van der Waals surface area (Å²) in [5, 5.41) is 18.5. The van der Waals surface area contributed by atoms with Crippen LogP contribution in [0.4, 0.5) is 28.4 Å². The molecule has 2 aliphatic heterocycles. The van der Waals surface area contributed by atoms with Crippen LogP contribution in [0.1, 0.15) is 29.9 Å². The Morgan fingerprint density at radius 3 is 2.08 bits per heavy atom. The molecule has 4 aliphatic rings. The number of hydrogen-bond acceptors (Lipinski definition) is 9. The summed E-state index contributed by atoms with van der Waals surface area (Å²) in [7, 11) is 3.93. The van der Waals surface area contributed by atoms with Gasteiger partial charge < -0.3 is 14.7 Å². The third-order valence-corrected chi connectivity index (χ3v) is 12.7. The first-order valence-electron chi connectivity index (χ1n) is 20.0. The minimum Gasteiger partial charge on any atom is -0.491 e. The third kappa shape index (κ3) is 6.40. The van der Waals surface area contributed by atoms with Crippen LogP contribution in [-0.4, -0.2) is 56.0 Å². The Morgan fingerprint density at radius 2 is 1.43 bits per heavy atom. The number of nitrogens with zero attached hydrogens (tertiary/aromatic N) is 5. The van der Waals surface area contributed by atoms with Gasteiger partial charge in [-0.05, 0) is 109 Å². The summed E-state index contributed by atoms with van der Waals surface area (Å²) in [5.41, 5.74) is 3.99. The summed E-state index contributed by atoms with van der Waals surface area (Å²) in [4.78, 5) is 64.1. The standard InChI is InChI=1S/C48H42ClN5O6/c1-52(2)34-17-13-32(14-18-34)50-51-33-15-19-35(20-16-33)53-44(56)39-24-23-38-40(42(39)46(53)58)28-41-45(57)54(36-10-6-9-31(49)27-36)47(59)48(41,30-7-4-3-5-8-30)43(38)29-11-21-37(22-12-29)60-26-25-55/h3-23,27,39-43,55H,24-26,28H2,1-2H3/t39-,40+,41-,42-,43-,48+/m0/s1. The molecule has 1 saturated carbocycles. The molecule has 2 heterocycles. The van der Waals surface area contributed by atoms with Gasteiger partial charge >= 0.3 is 0 Å². The fraction of sp³-hybridized carbons (Fsp3) is 0.250. The maximum atomic E-state index is 15.5. The highest BCUT2D eigenvalue weighted by atomic mass is 35.5. The van der Waals surface area contributed by atoms with Crippen molar-refractivity contribution < 1.29 is 29.0 Å². The van der Waals surface area contributed by atoms with Crippen molar-refractivity contribution in [3.05, 3.63) is 155 Å². The van der Waals surface area contributed by atoms with Crippen LogP contribution in [0.15, 0.2) is 149 Å². The molecule has 3 fully saturated rings. The van der Waals surface area contributed by atoms with Gasteiger partial charge in [0.2, 0.25) is 23.6 Å². The molecule has 11 nitrogen and oxygen atoms in total. The predicted octanol–water partition coefficient (Wildman–Crippen LogP) is 8.56. The van der Waals surface area contributed by atoms with E-state index in [2.05, 4.69) is 10.2 Å². The molecule has 12 heteroatoms. The number of amides is 4. The topological polar surface area (TPSA) is 132 Å². The van der Waals surface area contributed by atoms with Crippen molar-refractivity contribution in [3.8, 4) is 5.75 Å². The number of imide groups is 2. The average Bonchev–Trinajstić information content (AvgIpc) is 3.66. The fourth-order valence-corrected chi connectivity index (χ4v) is 10.1. The minimum atomic E-state index is -1.40. The van der Waals surface area contributed by atoms with Crippen molar-refractivity contribution in [3.63, 3.8) is 0 Å². The second kappa shape index (κ2) is 15.6. The Bertz CT molecular complexity index is 2540. The molecule has 0 aromatic heterocycles. The van der Waals surface area contributed by atoms with Crippen LogP contribution in [0.3, 0.4) is 0 Å². The maximum Gasteiger partial charge on any atom is 0.246 e. The Hall–Kier alpha value is -6.43. The molecule has 60 heavy (non-hydrogen) atoms. The highest BCUT2D eigenvalue weighted by molar-refractivity contribution is 6.32. The minimum absolute atomic E-state index is 0.113. The van der Waals surface area contributed by atoms with Gasteiger partial charge in [-0.2, -0.15) is 10.2 Å². The monoisotopic (exact) mass is 819 g/mol. The van der Waals surface area contributed by atoms with E-state index in [9.17, 15) is 14.7 Å². The lowest BCUT2D eigenvalue weighted by Gasteiger charge is -2.50. The van der Waals surface area contributed by atoms with E-state index >= 15 is 9.59 Å². The number of ether oxygens (including phenoxy) is 1. The molecular formula is C48H42ClN5O6.